The number of carbonyl (C=O) groups is 1. The number of nitrogens with two attached hydrogens (primary N) is 1. The van der Waals surface area contributed by atoms with Crippen LogP contribution in [0.15, 0.2) is 34.9 Å². The van der Waals surface area contributed by atoms with Gasteiger partial charge >= 0.3 is 0 Å². The number of amides is 1. The molecule has 1 atom stereocenters. The Morgan fingerprint density at radius 3 is 3.00 bits per heavy atom. The fourth-order valence-electron chi connectivity index (χ4n) is 2.62. The van der Waals surface area contributed by atoms with E-state index in [1.807, 2.05) is 25.1 Å². The molecule has 1 aliphatic carbocycles. The smallest absolute Gasteiger partial charge is 0.287 e. The number of aryl methyl sites for hydroxylation is 2. The van der Waals surface area contributed by atoms with Crippen molar-refractivity contribution in [1.82, 2.24) is 5.32 Å². The zero-order valence-electron chi connectivity index (χ0n) is 10.8. The molecule has 98 valence electrons. The molecule has 1 unspecified atom stereocenters. The summed E-state index contributed by atoms with van der Waals surface area (Å²) in [5, 5.41) is 3.02. The third kappa shape index (κ3) is 2.10. The fourth-order valence-corrected chi connectivity index (χ4v) is 2.62. The summed E-state index contributed by atoms with van der Waals surface area (Å²) in [5.74, 6) is 0.237. The number of furan rings is 1. The van der Waals surface area contributed by atoms with Gasteiger partial charge in [0.1, 0.15) is 0 Å². The lowest BCUT2D eigenvalue weighted by atomic mass is 10.1. The van der Waals surface area contributed by atoms with Gasteiger partial charge in [0, 0.05) is 11.3 Å². The maximum absolute atomic E-state index is 12.1. The summed E-state index contributed by atoms with van der Waals surface area (Å²) in [4.78, 5) is 12.1. The number of benzene rings is 1. The van der Waals surface area contributed by atoms with E-state index in [4.69, 9.17) is 10.2 Å². The van der Waals surface area contributed by atoms with Gasteiger partial charge in [-0.15, -0.1) is 0 Å². The van der Waals surface area contributed by atoms with Crippen molar-refractivity contribution in [2.75, 3.05) is 5.73 Å². The predicted octanol–water partition coefficient (Wildman–Crippen LogP) is 2.59. The summed E-state index contributed by atoms with van der Waals surface area (Å²) in [6, 6.07) is 7.70. The minimum Gasteiger partial charge on any atom is -0.459 e. The van der Waals surface area contributed by atoms with Crippen LogP contribution in [0, 0.1) is 6.92 Å². The number of hydrogen-bond donors (Lipinski definition) is 2. The van der Waals surface area contributed by atoms with Crippen LogP contribution in [0.25, 0.3) is 0 Å². The quantitative estimate of drug-likeness (QED) is 0.811. The second-order valence-corrected chi connectivity index (χ2v) is 4.96. The number of rotatable bonds is 2. The van der Waals surface area contributed by atoms with E-state index in [9.17, 15) is 4.79 Å². The van der Waals surface area contributed by atoms with Crippen molar-refractivity contribution >= 4 is 11.6 Å². The van der Waals surface area contributed by atoms with Gasteiger partial charge in [0.05, 0.1) is 12.3 Å². The van der Waals surface area contributed by atoms with Crippen LogP contribution in [0.4, 0.5) is 5.69 Å². The predicted molar refractivity (Wildman–Crippen MR) is 72.8 cm³/mol. The molecule has 1 heterocycles. The van der Waals surface area contributed by atoms with Crippen LogP contribution in [-0.2, 0) is 6.42 Å². The SMILES string of the molecule is Cc1ccoc1C(=O)NC1CCc2cc(N)ccc21. The Morgan fingerprint density at radius 1 is 1.42 bits per heavy atom. The van der Waals surface area contributed by atoms with Crippen molar-refractivity contribution in [2.24, 2.45) is 0 Å². The van der Waals surface area contributed by atoms with Crippen molar-refractivity contribution in [1.29, 1.82) is 0 Å². The van der Waals surface area contributed by atoms with E-state index in [1.165, 1.54) is 11.8 Å². The van der Waals surface area contributed by atoms with Crippen molar-refractivity contribution in [2.45, 2.75) is 25.8 Å². The minimum atomic E-state index is -0.155. The Hall–Kier alpha value is -2.23. The summed E-state index contributed by atoms with van der Waals surface area (Å²) in [6.07, 6.45) is 3.39. The molecular weight excluding hydrogens is 240 g/mol. The molecule has 1 aromatic heterocycles. The van der Waals surface area contributed by atoms with Gasteiger partial charge in [-0.1, -0.05) is 6.07 Å². The Labute approximate surface area is 111 Å². The second kappa shape index (κ2) is 4.46. The lowest BCUT2D eigenvalue weighted by molar-refractivity contribution is 0.0908. The van der Waals surface area contributed by atoms with Crippen LogP contribution in [0.2, 0.25) is 0 Å². The van der Waals surface area contributed by atoms with Crippen LogP contribution in [-0.4, -0.2) is 5.91 Å². The van der Waals surface area contributed by atoms with E-state index >= 15 is 0 Å². The number of anilines is 1. The topological polar surface area (TPSA) is 68.3 Å². The van der Waals surface area contributed by atoms with Crippen molar-refractivity contribution in [3.63, 3.8) is 0 Å². The van der Waals surface area contributed by atoms with Gasteiger partial charge in [-0.2, -0.15) is 0 Å². The molecule has 4 heteroatoms. The Balaban J connectivity index is 1.80. The first kappa shape index (κ1) is 11.8. The summed E-state index contributed by atoms with van der Waals surface area (Å²) in [5.41, 5.74) is 9.78. The zero-order valence-corrected chi connectivity index (χ0v) is 10.8. The first-order chi connectivity index (χ1) is 9.15. The van der Waals surface area contributed by atoms with E-state index in [0.29, 0.717) is 5.76 Å². The number of nitrogens with one attached hydrogen (secondary N) is 1. The van der Waals surface area contributed by atoms with E-state index in [-0.39, 0.29) is 11.9 Å². The average Bonchev–Trinajstić information content (AvgIpc) is 2.96. The third-order valence-corrected chi connectivity index (χ3v) is 3.62. The summed E-state index contributed by atoms with van der Waals surface area (Å²) in [6.45, 7) is 1.86. The first-order valence-corrected chi connectivity index (χ1v) is 6.38. The number of carbonyl (C=O) groups excluding carboxylic acids is 1. The molecule has 0 aliphatic heterocycles. The average molecular weight is 256 g/mol. The molecule has 1 aromatic carbocycles. The van der Waals surface area contributed by atoms with Crippen molar-refractivity contribution in [3.8, 4) is 0 Å². The molecule has 0 saturated carbocycles. The van der Waals surface area contributed by atoms with E-state index in [2.05, 4.69) is 5.32 Å². The van der Waals surface area contributed by atoms with Gasteiger partial charge < -0.3 is 15.5 Å². The molecule has 1 amide bonds. The highest BCUT2D eigenvalue weighted by atomic mass is 16.3. The van der Waals surface area contributed by atoms with Crippen LogP contribution in [0.1, 0.15) is 39.7 Å². The Kier molecular flexibility index (Phi) is 2.78. The third-order valence-electron chi connectivity index (χ3n) is 3.62. The maximum Gasteiger partial charge on any atom is 0.287 e. The van der Waals surface area contributed by atoms with E-state index in [0.717, 1.165) is 29.7 Å². The van der Waals surface area contributed by atoms with Crippen LogP contribution >= 0.6 is 0 Å². The molecule has 0 fully saturated rings. The summed E-state index contributed by atoms with van der Waals surface area (Å²) >= 11 is 0. The highest BCUT2D eigenvalue weighted by Gasteiger charge is 2.25. The lowest BCUT2D eigenvalue weighted by Crippen LogP contribution is -2.27. The molecule has 0 spiro atoms. The highest BCUT2D eigenvalue weighted by Crippen LogP contribution is 2.32. The summed E-state index contributed by atoms with van der Waals surface area (Å²) < 4.78 is 5.21. The Bertz CT molecular complexity index is 631. The highest BCUT2D eigenvalue weighted by molar-refractivity contribution is 5.93. The van der Waals surface area contributed by atoms with Crippen LogP contribution in [0.3, 0.4) is 0 Å². The summed E-state index contributed by atoms with van der Waals surface area (Å²) in [7, 11) is 0. The molecule has 3 N–H and O–H groups in total. The second-order valence-electron chi connectivity index (χ2n) is 4.96. The van der Waals surface area contributed by atoms with Gasteiger partial charge in [-0.3, -0.25) is 4.79 Å². The van der Waals surface area contributed by atoms with Gasteiger partial charge in [0.2, 0.25) is 0 Å². The van der Waals surface area contributed by atoms with Gasteiger partial charge in [0.25, 0.3) is 5.91 Å². The molecule has 0 bridgehead atoms. The zero-order chi connectivity index (χ0) is 13.4. The fraction of sp³-hybridized carbons (Fsp3) is 0.267. The normalized spacial score (nSPS) is 17.2. The van der Waals surface area contributed by atoms with Gasteiger partial charge in [-0.25, -0.2) is 0 Å². The van der Waals surface area contributed by atoms with Crippen LogP contribution < -0.4 is 11.1 Å². The van der Waals surface area contributed by atoms with Gasteiger partial charge in [-0.05, 0) is 49.1 Å². The molecular formula is C15H16N2O2. The largest absolute Gasteiger partial charge is 0.459 e. The maximum atomic E-state index is 12.1. The van der Waals surface area contributed by atoms with E-state index in [1.54, 1.807) is 6.07 Å². The van der Waals surface area contributed by atoms with E-state index < -0.39 is 0 Å². The minimum absolute atomic E-state index is 0.0487. The monoisotopic (exact) mass is 256 g/mol. The number of fused-ring (bicyclic) bond motifs is 1. The molecule has 2 aromatic rings. The molecule has 0 saturated heterocycles. The first-order valence-electron chi connectivity index (χ1n) is 6.38. The molecule has 3 rings (SSSR count). The van der Waals surface area contributed by atoms with Gasteiger partial charge in [0.15, 0.2) is 5.76 Å². The molecule has 19 heavy (non-hydrogen) atoms. The van der Waals surface area contributed by atoms with Crippen molar-refractivity contribution in [3.05, 3.63) is 53.0 Å². The lowest BCUT2D eigenvalue weighted by Gasteiger charge is -2.13. The molecule has 4 nitrogen and oxygen atoms in total. The standard InChI is InChI=1S/C15H16N2O2/c1-9-6-7-19-14(9)15(18)17-13-5-2-10-8-11(16)3-4-12(10)13/h3-4,6-8,13H,2,5,16H2,1H3,(H,17,18). The van der Waals surface area contributed by atoms with Crippen LogP contribution in [0.5, 0.6) is 0 Å². The van der Waals surface area contributed by atoms with Crippen molar-refractivity contribution < 1.29 is 9.21 Å². The Morgan fingerprint density at radius 2 is 2.26 bits per heavy atom. The number of hydrogen-bond acceptors (Lipinski definition) is 3. The molecule has 0 radical (unpaired) electrons. The number of nitrogen functional groups attached to an aromatic ring is 1. The molecule has 1 aliphatic rings.